The molecule has 0 heterocycles. The zero-order chi connectivity index (χ0) is 28.2. The van der Waals surface area contributed by atoms with Crippen LogP contribution in [-0.4, -0.2) is 44.3 Å². The van der Waals surface area contributed by atoms with Gasteiger partial charge in [-0.05, 0) is 53.3 Å². The van der Waals surface area contributed by atoms with Crippen LogP contribution < -0.4 is 0 Å². The average Bonchev–Trinajstić information content (AvgIpc) is 2.98. The van der Waals surface area contributed by atoms with Crippen LogP contribution in [-0.2, 0) is 36.8 Å². The molecule has 0 fully saturated rings. The Morgan fingerprint density at radius 2 is 1.44 bits per heavy atom. The Kier molecular flexibility index (Phi) is 11.1. The van der Waals surface area contributed by atoms with Gasteiger partial charge in [0, 0.05) is 6.42 Å². The first-order valence-corrected chi connectivity index (χ1v) is 12.9. The Morgan fingerprint density at radius 3 is 2.08 bits per heavy atom. The molecule has 3 aromatic rings. The molecule has 204 valence electrons. The Hall–Kier alpha value is -4.10. The summed E-state index contributed by atoms with van der Waals surface area (Å²) >= 11 is 0. The molecular formula is C32H34O7. The largest absolute Gasteiger partial charge is 0.465 e. The predicted molar refractivity (Wildman–Crippen MR) is 147 cm³/mol. The van der Waals surface area contributed by atoms with Crippen LogP contribution in [0, 0.1) is 5.92 Å². The lowest BCUT2D eigenvalue weighted by atomic mass is 9.87. The number of benzene rings is 3. The van der Waals surface area contributed by atoms with Crippen molar-refractivity contribution in [1.29, 1.82) is 0 Å². The van der Waals surface area contributed by atoms with E-state index in [1.54, 1.807) is 30.3 Å². The van der Waals surface area contributed by atoms with Crippen LogP contribution in [0.2, 0.25) is 0 Å². The van der Waals surface area contributed by atoms with Gasteiger partial charge in [-0.2, -0.15) is 0 Å². The number of ketones is 2. The first kappa shape index (κ1) is 29.5. The number of carbonyl (C=O) groups is 4. The summed E-state index contributed by atoms with van der Waals surface area (Å²) in [4.78, 5) is 50.5. The third-order valence-corrected chi connectivity index (χ3v) is 6.46. The summed E-state index contributed by atoms with van der Waals surface area (Å²) in [6.45, 7) is 1.91. The maximum absolute atomic E-state index is 13.2. The summed E-state index contributed by atoms with van der Waals surface area (Å²) in [6, 6.07) is 21.5. The number of unbranched alkanes of at least 4 members (excludes halogenated alkanes) is 1. The van der Waals surface area contributed by atoms with Crippen LogP contribution in [0.25, 0.3) is 11.1 Å². The van der Waals surface area contributed by atoms with E-state index < -0.39 is 17.9 Å². The average molecular weight is 531 g/mol. The van der Waals surface area contributed by atoms with Crippen molar-refractivity contribution in [3.8, 4) is 11.1 Å². The van der Waals surface area contributed by atoms with Crippen molar-refractivity contribution < 1.29 is 33.4 Å². The maximum atomic E-state index is 13.2. The molecule has 0 aliphatic carbocycles. The minimum absolute atomic E-state index is 0.139. The minimum Gasteiger partial charge on any atom is -0.465 e. The number of ether oxygens (including phenoxy) is 3. The van der Waals surface area contributed by atoms with Crippen molar-refractivity contribution in [2.24, 2.45) is 5.92 Å². The fraction of sp³-hybridized carbons (Fsp3) is 0.312. The normalized spacial score (nSPS) is 11.5. The van der Waals surface area contributed by atoms with E-state index in [4.69, 9.17) is 14.2 Å². The molecule has 1 unspecified atom stereocenters. The third kappa shape index (κ3) is 8.19. The molecule has 1 atom stereocenters. The number of hydrogen-bond acceptors (Lipinski definition) is 7. The standard InChI is InChI=1S/C32H34O7/c1-4-5-11-29(33)28(30(34)21-39-20-22-12-15-25(16-13-22)31(35)37-2)19-23-14-17-26(24-9-7-6-8-10-24)27(18-23)32(36)38-3/h6-10,12-18,28H,4-5,11,19-21H2,1-3H3. The lowest BCUT2D eigenvalue weighted by Crippen LogP contribution is -2.29. The van der Waals surface area contributed by atoms with Crippen LogP contribution in [0.1, 0.15) is 58.0 Å². The predicted octanol–water partition coefficient (Wildman–Crippen LogP) is 5.63. The first-order valence-electron chi connectivity index (χ1n) is 12.9. The van der Waals surface area contributed by atoms with Gasteiger partial charge in [0.1, 0.15) is 12.4 Å². The number of Topliss-reactive ketones (excluding diaryl/α,β-unsaturated/α-hetero) is 2. The molecule has 0 aliphatic rings. The molecular weight excluding hydrogens is 496 g/mol. The fourth-order valence-corrected chi connectivity index (χ4v) is 4.26. The van der Waals surface area contributed by atoms with Crippen LogP contribution in [0.3, 0.4) is 0 Å². The number of rotatable bonds is 14. The van der Waals surface area contributed by atoms with Crippen molar-refractivity contribution in [3.05, 3.63) is 95.1 Å². The lowest BCUT2D eigenvalue weighted by Gasteiger charge is -2.17. The van der Waals surface area contributed by atoms with Gasteiger partial charge in [0.25, 0.3) is 0 Å². The molecule has 0 N–H and O–H groups in total. The van der Waals surface area contributed by atoms with Crippen molar-refractivity contribution in [2.45, 2.75) is 39.2 Å². The zero-order valence-corrected chi connectivity index (χ0v) is 22.6. The summed E-state index contributed by atoms with van der Waals surface area (Å²) in [6.07, 6.45) is 1.99. The highest BCUT2D eigenvalue weighted by Gasteiger charge is 2.27. The van der Waals surface area contributed by atoms with Crippen molar-refractivity contribution >= 4 is 23.5 Å². The molecule has 0 radical (unpaired) electrons. The molecule has 7 heteroatoms. The molecule has 7 nitrogen and oxygen atoms in total. The molecule has 0 amide bonds. The van der Waals surface area contributed by atoms with Gasteiger partial charge in [-0.1, -0.05) is 67.9 Å². The van der Waals surface area contributed by atoms with Gasteiger partial charge in [-0.25, -0.2) is 9.59 Å². The topological polar surface area (TPSA) is 96.0 Å². The molecule has 39 heavy (non-hydrogen) atoms. The van der Waals surface area contributed by atoms with Gasteiger partial charge in [0.15, 0.2) is 5.78 Å². The van der Waals surface area contributed by atoms with Gasteiger partial charge in [-0.15, -0.1) is 0 Å². The smallest absolute Gasteiger partial charge is 0.338 e. The number of esters is 2. The van der Waals surface area contributed by atoms with Crippen LogP contribution in [0.4, 0.5) is 0 Å². The van der Waals surface area contributed by atoms with Gasteiger partial charge in [0.2, 0.25) is 0 Å². The molecule has 3 rings (SSSR count). The highest BCUT2D eigenvalue weighted by Crippen LogP contribution is 2.27. The first-order chi connectivity index (χ1) is 18.9. The minimum atomic E-state index is -0.883. The Morgan fingerprint density at radius 1 is 0.769 bits per heavy atom. The molecule has 0 aliphatic heterocycles. The van der Waals surface area contributed by atoms with Gasteiger partial charge in [-0.3, -0.25) is 9.59 Å². The quantitative estimate of drug-likeness (QED) is 0.197. The summed E-state index contributed by atoms with van der Waals surface area (Å²) in [7, 11) is 2.64. The molecule has 0 saturated heterocycles. The fourth-order valence-electron chi connectivity index (χ4n) is 4.26. The zero-order valence-electron chi connectivity index (χ0n) is 22.6. The summed E-state index contributed by atoms with van der Waals surface area (Å²) in [5.41, 5.74) is 3.85. The van der Waals surface area contributed by atoms with E-state index >= 15 is 0 Å². The van der Waals surface area contributed by atoms with Gasteiger partial charge < -0.3 is 14.2 Å². The second kappa shape index (κ2) is 14.7. The van der Waals surface area contributed by atoms with Crippen molar-refractivity contribution in [3.63, 3.8) is 0 Å². The van der Waals surface area contributed by atoms with Crippen molar-refractivity contribution in [1.82, 2.24) is 0 Å². The molecule has 0 bridgehead atoms. The highest BCUT2D eigenvalue weighted by molar-refractivity contribution is 6.03. The maximum Gasteiger partial charge on any atom is 0.338 e. The van der Waals surface area contributed by atoms with Crippen LogP contribution in [0.15, 0.2) is 72.8 Å². The molecule has 0 spiro atoms. The Balaban J connectivity index is 1.76. The Labute approximate surface area is 229 Å². The van der Waals surface area contributed by atoms with E-state index in [1.807, 2.05) is 49.4 Å². The number of methoxy groups -OCH3 is 2. The van der Waals surface area contributed by atoms with E-state index in [2.05, 4.69) is 0 Å². The van der Waals surface area contributed by atoms with Crippen LogP contribution in [0.5, 0.6) is 0 Å². The Bertz CT molecular complexity index is 1280. The monoisotopic (exact) mass is 530 g/mol. The van der Waals surface area contributed by atoms with E-state index in [0.29, 0.717) is 35.1 Å². The highest BCUT2D eigenvalue weighted by atomic mass is 16.5. The van der Waals surface area contributed by atoms with E-state index in [9.17, 15) is 19.2 Å². The molecule has 0 aromatic heterocycles. The van der Waals surface area contributed by atoms with Gasteiger partial charge in [0.05, 0.1) is 37.9 Å². The molecule has 3 aromatic carbocycles. The number of hydrogen-bond donors (Lipinski definition) is 0. The van der Waals surface area contributed by atoms with Crippen molar-refractivity contribution in [2.75, 3.05) is 20.8 Å². The van der Waals surface area contributed by atoms with E-state index in [-0.39, 0.29) is 31.2 Å². The van der Waals surface area contributed by atoms with Gasteiger partial charge >= 0.3 is 11.9 Å². The second-order valence-electron chi connectivity index (χ2n) is 9.21. The summed E-state index contributed by atoms with van der Waals surface area (Å²) in [5.74, 6) is -2.25. The lowest BCUT2D eigenvalue weighted by molar-refractivity contribution is -0.135. The number of carbonyl (C=O) groups excluding carboxylic acids is 4. The third-order valence-electron chi connectivity index (χ3n) is 6.46. The van der Waals surface area contributed by atoms with Crippen LogP contribution >= 0.6 is 0 Å². The van der Waals surface area contributed by atoms with E-state index in [1.165, 1.54) is 14.2 Å². The SMILES string of the molecule is CCCCC(=O)C(Cc1ccc(-c2ccccc2)c(C(=O)OC)c1)C(=O)COCc1ccc(C(=O)OC)cc1. The molecule has 0 saturated carbocycles. The van der Waals surface area contributed by atoms with E-state index in [0.717, 1.165) is 17.5 Å². The second-order valence-corrected chi connectivity index (χ2v) is 9.21. The summed E-state index contributed by atoms with van der Waals surface area (Å²) < 4.78 is 15.4. The summed E-state index contributed by atoms with van der Waals surface area (Å²) in [5, 5.41) is 0.